The SMILES string of the molecule is CNC(c1ccc2c(c1)CCO2)c1cc2c(s1)CCCC2. The Morgan fingerprint density at radius 2 is 2.00 bits per heavy atom. The van der Waals surface area contributed by atoms with Crippen LogP contribution in [-0.4, -0.2) is 13.7 Å². The molecule has 1 N–H and O–H groups in total. The molecule has 1 aromatic heterocycles. The zero-order valence-electron chi connectivity index (χ0n) is 12.4. The average molecular weight is 299 g/mol. The van der Waals surface area contributed by atoms with Crippen molar-refractivity contribution in [1.82, 2.24) is 5.32 Å². The summed E-state index contributed by atoms with van der Waals surface area (Å²) in [6.45, 7) is 0.830. The van der Waals surface area contributed by atoms with E-state index in [1.165, 1.54) is 41.7 Å². The van der Waals surface area contributed by atoms with E-state index in [9.17, 15) is 0 Å². The molecule has 110 valence electrons. The van der Waals surface area contributed by atoms with Crippen LogP contribution in [0.5, 0.6) is 5.75 Å². The van der Waals surface area contributed by atoms with Gasteiger partial charge < -0.3 is 10.1 Å². The summed E-state index contributed by atoms with van der Waals surface area (Å²) < 4.78 is 5.62. The van der Waals surface area contributed by atoms with Crippen LogP contribution in [0, 0.1) is 0 Å². The van der Waals surface area contributed by atoms with Crippen LogP contribution in [0.2, 0.25) is 0 Å². The number of rotatable bonds is 3. The summed E-state index contributed by atoms with van der Waals surface area (Å²) in [5.74, 6) is 1.07. The molecule has 0 fully saturated rings. The Hall–Kier alpha value is -1.32. The van der Waals surface area contributed by atoms with Gasteiger partial charge in [-0.25, -0.2) is 0 Å². The van der Waals surface area contributed by atoms with Crippen molar-refractivity contribution in [3.63, 3.8) is 0 Å². The van der Waals surface area contributed by atoms with Crippen LogP contribution in [0.3, 0.4) is 0 Å². The second-order valence-electron chi connectivity index (χ2n) is 5.99. The molecule has 1 unspecified atom stereocenters. The molecule has 0 bridgehead atoms. The molecular formula is C18H21NOS. The number of thiophene rings is 1. The van der Waals surface area contributed by atoms with Gasteiger partial charge in [-0.1, -0.05) is 12.1 Å². The van der Waals surface area contributed by atoms with E-state index in [4.69, 9.17) is 4.74 Å². The smallest absolute Gasteiger partial charge is 0.122 e. The van der Waals surface area contributed by atoms with Crippen LogP contribution in [0.25, 0.3) is 0 Å². The maximum Gasteiger partial charge on any atom is 0.122 e. The second-order valence-corrected chi connectivity index (χ2v) is 7.16. The van der Waals surface area contributed by atoms with Gasteiger partial charge in [-0.2, -0.15) is 0 Å². The normalized spacial score (nSPS) is 18.0. The topological polar surface area (TPSA) is 21.3 Å². The van der Waals surface area contributed by atoms with Gasteiger partial charge in [0.05, 0.1) is 12.6 Å². The van der Waals surface area contributed by atoms with Gasteiger partial charge in [0.1, 0.15) is 5.75 Å². The molecule has 21 heavy (non-hydrogen) atoms. The van der Waals surface area contributed by atoms with Crippen molar-refractivity contribution >= 4 is 11.3 Å². The summed E-state index contributed by atoms with van der Waals surface area (Å²) >= 11 is 2.00. The lowest BCUT2D eigenvalue weighted by molar-refractivity contribution is 0.357. The highest BCUT2D eigenvalue weighted by molar-refractivity contribution is 7.12. The maximum absolute atomic E-state index is 5.62. The van der Waals surface area contributed by atoms with Gasteiger partial charge in [0.2, 0.25) is 0 Å². The Kier molecular flexibility index (Phi) is 3.48. The largest absolute Gasteiger partial charge is 0.493 e. The summed E-state index contributed by atoms with van der Waals surface area (Å²) in [5.41, 5.74) is 4.31. The minimum Gasteiger partial charge on any atom is -0.493 e. The summed E-state index contributed by atoms with van der Waals surface area (Å²) in [7, 11) is 2.06. The molecule has 1 atom stereocenters. The first-order valence-corrected chi connectivity index (χ1v) is 8.71. The fraction of sp³-hybridized carbons (Fsp3) is 0.444. The maximum atomic E-state index is 5.62. The molecule has 4 rings (SSSR count). The van der Waals surface area contributed by atoms with Crippen molar-refractivity contribution in [3.8, 4) is 5.75 Å². The highest BCUT2D eigenvalue weighted by Crippen LogP contribution is 2.36. The molecular weight excluding hydrogens is 278 g/mol. The monoisotopic (exact) mass is 299 g/mol. The molecule has 1 aliphatic carbocycles. The third-order valence-electron chi connectivity index (χ3n) is 4.64. The zero-order chi connectivity index (χ0) is 14.2. The fourth-order valence-corrected chi connectivity index (χ4v) is 4.91. The van der Waals surface area contributed by atoms with E-state index in [1.54, 1.807) is 10.4 Å². The van der Waals surface area contributed by atoms with Crippen molar-refractivity contribution in [1.29, 1.82) is 0 Å². The molecule has 3 heteroatoms. The predicted octanol–water partition coefficient (Wildman–Crippen LogP) is 3.87. The summed E-state index contributed by atoms with van der Waals surface area (Å²) in [5, 5.41) is 3.50. The van der Waals surface area contributed by atoms with E-state index >= 15 is 0 Å². The van der Waals surface area contributed by atoms with E-state index in [1.807, 2.05) is 11.3 Å². The lowest BCUT2D eigenvalue weighted by Gasteiger charge is -2.16. The van der Waals surface area contributed by atoms with Gasteiger partial charge in [-0.15, -0.1) is 11.3 Å². The molecule has 2 heterocycles. The van der Waals surface area contributed by atoms with Gasteiger partial charge in [0, 0.05) is 16.2 Å². The fourth-order valence-electron chi connectivity index (χ4n) is 3.52. The molecule has 0 saturated heterocycles. The Labute approximate surface area is 130 Å². The zero-order valence-corrected chi connectivity index (χ0v) is 13.3. The van der Waals surface area contributed by atoms with Crippen molar-refractivity contribution in [2.24, 2.45) is 0 Å². The van der Waals surface area contributed by atoms with E-state index < -0.39 is 0 Å². The molecule has 2 aliphatic rings. The lowest BCUT2D eigenvalue weighted by atomic mass is 9.97. The van der Waals surface area contributed by atoms with Gasteiger partial charge in [-0.3, -0.25) is 0 Å². The second kappa shape index (κ2) is 5.47. The number of aryl methyl sites for hydroxylation is 2. The molecule has 2 aromatic rings. The predicted molar refractivity (Wildman–Crippen MR) is 87.5 cm³/mol. The molecule has 1 aromatic carbocycles. The van der Waals surface area contributed by atoms with Gasteiger partial charge >= 0.3 is 0 Å². The minimum atomic E-state index is 0.312. The minimum absolute atomic E-state index is 0.312. The standard InChI is InChI=1S/C18H21NOS/c1-19-18(14-6-7-15-12(10-14)8-9-20-15)17-11-13-4-2-3-5-16(13)21-17/h6-7,10-11,18-19H,2-5,8-9H2,1H3. The van der Waals surface area contributed by atoms with Gasteiger partial charge in [0.25, 0.3) is 0 Å². The molecule has 0 spiro atoms. The lowest BCUT2D eigenvalue weighted by Crippen LogP contribution is -2.16. The first-order chi connectivity index (χ1) is 10.3. The number of benzene rings is 1. The summed E-state index contributed by atoms with van der Waals surface area (Å²) in [4.78, 5) is 3.07. The molecule has 0 radical (unpaired) electrons. The van der Waals surface area contributed by atoms with E-state index in [0.717, 1.165) is 18.8 Å². The molecule has 1 aliphatic heterocycles. The van der Waals surface area contributed by atoms with Crippen LogP contribution in [-0.2, 0) is 19.3 Å². The Morgan fingerprint density at radius 3 is 2.86 bits per heavy atom. The van der Waals surface area contributed by atoms with Crippen LogP contribution < -0.4 is 10.1 Å². The van der Waals surface area contributed by atoms with Crippen LogP contribution in [0.15, 0.2) is 24.3 Å². The van der Waals surface area contributed by atoms with Crippen molar-refractivity contribution in [2.45, 2.75) is 38.1 Å². The van der Waals surface area contributed by atoms with E-state index in [2.05, 4.69) is 36.6 Å². The van der Waals surface area contributed by atoms with Crippen LogP contribution >= 0.6 is 11.3 Å². The van der Waals surface area contributed by atoms with Crippen molar-refractivity contribution in [2.75, 3.05) is 13.7 Å². The number of nitrogens with one attached hydrogen (secondary N) is 1. The van der Waals surface area contributed by atoms with Crippen molar-refractivity contribution < 1.29 is 4.74 Å². The van der Waals surface area contributed by atoms with Gasteiger partial charge in [0.15, 0.2) is 0 Å². The van der Waals surface area contributed by atoms with E-state index in [-0.39, 0.29) is 0 Å². The third kappa shape index (κ3) is 2.39. The molecule has 0 amide bonds. The number of hydrogen-bond acceptors (Lipinski definition) is 3. The van der Waals surface area contributed by atoms with Gasteiger partial charge in [-0.05, 0) is 61.6 Å². The number of ether oxygens (including phenoxy) is 1. The molecule has 2 nitrogen and oxygen atoms in total. The quantitative estimate of drug-likeness (QED) is 0.929. The number of fused-ring (bicyclic) bond motifs is 2. The summed E-state index contributed by atoms with van der Waals surface area (Å²) in [6, 6.07) is 9.41. The highest BCUT2D eigenvalue weighted by atomic mass is 32.1. The Bertz CT molecular complexity index is 638. The Balaban J connectivity index is 1.69. The third-order valence-corrected chi connectivity index (χ3v) is 5.94. The first kappa shape index (κ1) is 13.4. The Morgan fingerprint density at radius 1 is 1.10 bits per heavy atom. The van der Waals surface area contributed by atoms with Crippen molar-refractivity contribution in [3.05, 3.63) is 50.7 Å². The van der Waals surface area contributed by atoms with Crippen LogP contribution in [0.1, 0.15) is 45.3 Å². The van der Waals surface area contributed by atoms with Crippen LogP contribution in [0.4, 0.5) is 0 Å². The highest BCUT2D eigenvalue weighted by Gasteiger charge is 2.21. The van der Waals surface area contributed by atoms with E-state index in [0.29, 0.717) is 6.04 Å². The number of hydrogen-bond donors (Lipinski definition) is 1. The molecule has 0 saturated carbocycles. The summed E-state index contributed by atoms with van der Waals surface area (Å²) in [6.07, 6.45) is 6.28. The first-order valence-electron chi connectivity index (χ1n) is 7.89. The average Bonchev–Trinajstić information content (AvgIpc) is 3.13.